The molecule has 0 atom stereocenters. The lowest BCUT2D eigenvalue weighted by Gasteiger charge is -2.24. The van der Waals surface area contributed by atoms with Crippen LogP contribution in [-0.2, 0) is 13.1 Å². The average Bonchev–Trinajstić information content (AvgIpc) is 2.84. The molecule has 2 heterocycles. The molecule has 0 radical (unpaired) electrons. The van der Waals surface area contributed by atoms with Crippen LogP contribution in [0, 0.1) is 0 Å². The number of para-hydroxylation sites is 2. The van der Waals surface area contributed by atoms with E-state index in [1.807, 2.05) is 82.9 Å². The summed E-state index contributed by atoms with van der Waals surface area (Å²) in [6.45, 7) is 0.875. The highest BCUT2D eigenvalue weighted by molar-refractivity contribution is 5.49. The molecule has 0 fully saturated rings. The average molecular weight is 425 g/mol. The van der Waals surface area contributed by atoms with Crippen molar-refractivity contribution >= 4 is 11.6 Å². The molecule has 0 amide bonds. The minimum Gasteiger partial charge on any atom is -0.508 e. The molecule has 4 aromatic rings. The van der Waals surface area contributed by atoms with Gasteiger partial charge in [0.2, 0.25) is 0 Å². The maximum absolute atomic E-state index is 10.3. The molecular formula is C26H24N4O2. The third kappa shape index (κ3) is 5.23. The molecule has 0 saturated carbocycles. The van der Waals surface area contributed by atoms with Gasteiger partial charge in [-0.1, -0.05) is 48.5 Å². The van der Waals surface area contributed by atoms with Crippen LogP contribution in [0.3, 0.4) is 0 Å². The molecule has 6 nitrogen and oxygen atoms in total. The van der Waals surface area contributed by atoms with Crippen LogP contribution in [0.1, 0.15) is 11.1 Å². The van der Waals surface area contributed by atoms with Crippen molar-refractivity contribution in [3.05, 3.63) is 121 Å². The Morgan fingerprint density at radius 3 is 1.34 bits per heavy atom. The van der Waals surface area contributed by atoms with Gasteiger partial charge in [0.1, 0.15) is 23.1 Å². The molecule has 32 heavy (non-hydrogen) atoms. The molecule has 0 unspecified atom stereocenters. The van der Waals surface area contributed by atoms with Gasteiger partial charge < -0.3 is 20.0 Å². The quantitative estimate of drug-likeness (QED) is 0.411. The van der Waals surface area contributed by atoms with E-state index in [1.54, 1.807) is 36.7 Å². The number of anilines is 2. The van der Waals surface area contributed by atoms with Crippen LogP contribution in [0.25, 0.3) is 0 Å². The summed E-state index contributed by atoms with van der Waals surface area (Å²) >= 11 is 0. The zero-order valence-corrected chi connectivity index (χ0v) is 17.5. The largest absolute Gasteiger partial charge is 0.508 e. The number of aromatic nitrogens is 2. The normalized spacial score (nSPS) is 10.9. The molecule has 0 bridgehead atoms. The van der Waals surface area contributed by atoms with E-state index >= 15 is 0 Å². The van der Waals surface area contributed by atoms with Crippen molar-refractivity contribution in [2.75, 3.05) is 9.80 Å². The van der Waals surface area contributed by atoms with Gasteiger partial charge in [-0.3, -0.25) is 0 Å². The Kier molecular flexibility index (Phi) is 6.63. The zero-order chi connectivity index (χ0) is 22.2. The van der Waals surface area contributed by atoms with Gasteiger partial charge in [-0.15, -0.1) is 0 Å². The predicted molar refractivity (Wildman–Crippen MR) is 126 cm³/mol. The molecule has 0 aliphatic carbocycles. The lowest BCUT2D eigenvalue weighted by molar-refractivity contribution is 0.467. The molecule has 0 spiro atoms. The number of rotatable bonds is 8. The standard InChI is InChI=1S/C26H24N4O2/c31-23-11-3-1-9-21(23)19-29(25-13-5-7-15-27-25)17-18-30(26-14-6-8-16-28-26)20-22-10-2-4-12-24(22)32/h1-18,31-32H,19-20H2/b18-17+. The Bertz CT molecular complexity index is 1070. The Hall–Kier alpha value is -4.32. The van der Waals surface area contributed by atoms with Gasteiger partial charge in [0, 0.05) is 35.9 Å². The summed E-state index contributed by atoms with van der Waals surface area (Å²) in [5, 5.41) is 20.5. The van der Waals surface area contributed by atoms with E-state index in [2.05, 4.69) is 9.97 Å². The molecule has 4 rings (SSSR count). The third-order valence-electron chi connectivity index (χ3n) is 4.98. The fraction of sp³-hybridized carbons (Fsp3) is 0.0769. The summed E-state index contributed by atoms with van der Waals surface area (Å²) < 4.78 is 0. The molecule has 0 aliphatic rings. The lowest BCUT2D eigenvalue weighted by atomic mass is 10.2. The summed E-state index contributed by atoms with van der Waals surface area (Å²) in [6.07, 6.45) is 7.28. The van der Waals surface area contributed by atoms with Crippen molar-refractivity contribution in [1.29, 1.82) is 0 Å². The number of aromatic hydroxyl groups is 2. The maximum atomic E-state index is 10.3. The Morgan fingerprint density at radius 1 is 0.562 bits per heavy atom. The van der Waals surface area contributed by atoms with Crippen LogP contribution in [0.4, 0.5) is 11.6 Å². The van der Waals surface area contributed by atoms with E-state index in [9.17, 15) is 10.2 Å². The SMILES string of the molecule is Oc1ccccc1CN(/C=C/N(Cc1ccccc1O)c1ccccn1)c1ccccn1. The minimum absolute atomic E-state index is 0.234. The second-order valence-electron chi connectivity index (χ2n) is 7.19. The first-order chi connectivity index (χ1) is 15.7. The van der Waals surface area contributed by atoms with Crippen LogP contribution in [-0.4, -0.2) is 20.2 Å². The van der Waals surface area contributed by atoms with Gasteiger partial charge in [-0.2, -0.15) is 0 Å². The Morgan fingerprint density at radius 2 is 0.969 bits per heavy atom. The fourth-order valence-electron chi connectivity index (χ4n) is 3.28. The van der Waals surface area contributed by atoms with E-state index in [1.165, 1.54) is 0 Å². The van der Waals surface area contributed by atoms with Crippen molar-refractivity contribution in [3.8, 4) is 11.5 Å². The topological polar surface area (TPSA) is 72.7 Å². The van der Waals surface area contributed by atoms with Crippen LogP contribution in [0.2, 0.25) is 0 Å². The van der Waals surface area contributed by atoms with E-state index < -0.39 is 0 Å². The summed E-state index contributed by atoms with van der Waals surface area (Å²) in [4.78, 5) is 12.9. The highest BCUT2D eigenvalue weighted by atomic mass is 16.3. The van der Waals surface area contributed by atoms with E-state index in [0.29, 0.717) is 13.1 Å². The highest BCUT2D eigenvalue weighted by Gasteiger charge is 2.12. The second-order valence-corrected chi connectivity index (χ2v) is 7.19. The molecule has 0 aliphatic heterocycles. The first-order valence-electron chi connectivity index (χ1n) is 10.3. The summed E-state index contributed by atoms with van der Waals surface area (Å²) in [7, 11) is 0. The van der Waals surface area contributed by atoms with Gasteiger partial charge in [-0.25, -0.2) is 9.97 Å². The second kappa shape index (κ2) is 10.1. The summed E-state index contributed by atoms with van der Waals surface area (Å²) in [5.74, 6) is 1.96. The molecule has 0 saturated heterocycles. The van der Waals surface area contributed by atoms with Crippen molar-refractivity contribution in [2.45, 2.75) is 13.1 Å². The molecule has 6 heteroatoms. The first kappa shape index (κ1) is 20.9. The molecule has 2 N–H and O–H groups in total. The Balaban J connectivity index is 1.67. The number of benzene rings is 2. The smallest absolute Gasteiger partial charge is 0.132 e. The molecule has 160 valence electrons. The van der Waals surface area contributed by atoms with Crippen LogP contribution in [0.15, 0.2) is 110 Å². The van der Waals surface area contributed by atoms with Gasteiger partial charge >= 0.3 is 0 Å². The van der Waals surface area contributed by atoms with Crippen molar-refractivity contribution in [3.63, 3.8) is 0 Å². The highest BCUT2D eigenvalue weighted by Crippen LogP contribution is 2.24. The van der Waals surface area contributed by atoms with Crippen molar-refractivity contribution in [1.82, 2.24) is 9.97 Å². The monoisotopic (exact) mass is 424 g/mol. The van der Waals surface area contributed by atoms with Crippen molar-refractivity contribution in [2.24, 2.45) is 0 Å². The lowest BCUT2D eigenvalue weighted by Crippen LogP contribution is -2.21. The number of pyridine rings is 2. The van der Waals surface area contributed by atoms with Crippen LogP contribution in [0.5, 0.6) is 11.5 Å². The van der Waals surface area contributed by atoms with Gasteiger partial charge in [0.05, 0.1) is 13.1 Å². The number of phenolic OH excluding ortho intramolecular Hbond substituents is 2. The molecule has 2 aromatic heterocycles. The van der Waals surface area contributed by atoms with Gasteiger partial charge in [0.15, 0.2) is 0 Å². The third-order valence-corrected chi connectivity index (χ3v) is 4.98. The number of nitrogens with zero attached hydrogens (tertiary/aromatic N) is 4. The Labute approximate surface area is 187 Å². The van der Waals surface area contributed by atoms with Crippen LogP contribution >= 0.6 is 0 Å². The molecule has 2 aromatic carbocycles. The molecular weight excluding hydrogens is 400 g/mol. The number of hydrogen-bond acceptors (Lipinski definition) is 6. The zero-order valence-electron chi connectivity index (χ0n) is 17.5. The minimum atomic E-state index is 0.234. The summed E-state index contributed by atoms with van der Waals surface area (Å²) in [5.41, 5.74) is 1.57. The maximum Gasteiger partial charge on any atom is 0.132 e. The fourth-order valence-corrected chi connectivity index (χ4v) is 3.28. The summed E-state index contributed by atoms with van der Waals surface area (Å²) in [6, 6.07) is 25.9. The van der Waals surface area contributed by atoms with Gasteiger partial charge in [-0.05, 0) is 36.4 Å². The van der Waals surface area contributed by atoms with Crippen molar-refractivity contribution < 1.29 is 10.2 Å². The van der Waals surface area contributed by atoms with E-state index in [-0.39, 0.29) is 11.5 Å². The number of phenols is 2. The van der Waals surface area contributed by atoms with E-state index in [0.717, 1.165) is 22.8 Å². The number of hydrogen-bond donors (Lipinski definition) is 2. The first-order valence-corrected chi connectivity index (χ1v) is 10.3. The predicted octanol–water partition coefficient (Wildman–Crippen LogP) is 5.07. The van der Waals surface area contributed by atoms with Crippen LogP contribution < -0.4 is 9.80 Å². The van der Waals surface area contributed by atoms with Gasteiger partial charge in [0.25, 0.3) is 0 Å². The van der Waals surface area contributed by atoms with E-state index in [4.69, 9.17) is 0 Å².